The number of hydrogen-bond donors (Lipinski definition) is 3. The molecule has 0 radical (unpaired) electrons. The Hall–Kier alpha value is -0.770. The summed E-state index contributed by atoms with van der Waals surface area (Å²) in [6.45, 7) is 6.31. The van der Waals surface area contributed by atoms with Crippen LogP contribution in [0.2, 0.25) is 0 Å². The van der Waals surface area contributed by atoms with Gasteiger partial charge in [0.15, 0.2) is 0 Å². The van der Waals surface area contributed by atoms with E-state index in [9.17, 15) is 9.90 Å². The van der Waals surface area contributed by atoms with Gasteiger partial charge in [-0.15, -0.1) is 0 Å². The van der Waals surface area contributed by atoms with Crippen molar-refractivity contribution >= 4 is 6.03 Å². The second kappa shape index (κ2) is 6.84. The summed E-state index contributed by atoms with van der Waals surface area (Å²) in [5.41, 5.74) is 0. The molecule has 1 aliphatic carbocycles. The van der Waals surface area contributed by atoms with Crippen LogP contribution in [0.1, 0.15) is 52.9 Å². The van der Waals surface area contributed by atoms with Crippen LogP contribution in [0.4, 0.5) is 4.79 Å². The van der Waals surface area contributed by atoms with Crippen LogP contribution in [0.15, 0.2) is 0 Å². The number of hydrogen-bond acceptors (Lipinski definition) is 2. The first-order valence-corrected chi connectivity index (χ1v) is 6.78. The van der Waals surface area contributed by atoms with E-state index in [0.717, 1.165) is 32.1 Å². The summed E-state index contributed by atoms with van der Waals surface area (Å²) >= 11 is 0. The maximum absolute atomic E-state index is 11.7. The van der Waals surface area contributed by atoms with Crippen molar-refractivity contribution in [2.24, 2.45) is 5.92 Å². The first-order valence-electron chi connectivity index (χ1n) is 6.78. The number of carbonyl (C=O) groups excluding carboxylic acids is 1. The molecular weight excluding hydrogens is 216 g/mol. The predicted octanol–water partition coefficient (Wildman–Crippen LogP) is 2.02. The van der Waals surface area contributed by atoms with E-state index >= 15 is 0 Å². The Morgan fingerprint density at radius 2 is 1.88 bits per heavy atom. The Labute approximate surface area is 104 Å². The van der Waals surface area contributed by atoms with E-state index in [1.165, 1.54) is 0 Å². The van der Waals surface area contributed by atoms with Crippen LogP contribution in [0.3, 0.4) is 0 Å². The van der Waals surface area contributed by atoms with E-state index < -0.39 is 0 Å². The van der Waals surface area contributed by atoms with Crippen LogP contribution in [0, 0.1) is 5.92 Å². The largest absolute Gasteiger partial charge is 0.393 e. The summed E-state index contributed by atoms with van der Waals surface area (Å²) in [5, 5.41) is 15.3. The standard InChI is InChI=1S/C13H26N2O2/c1-4-9(2)10(3)14-13(17)15-11-5-7-12(16)8-6-11/h9-12,16H,4-8H2,1-3H3,(H2,14,15,17). The predicted molar refractivity (Wildman–Crippen MR) is 68.8 cm³/mol. The monoisotopic (exact) mass is 242 g/mol. The molecule has 4 nitrogen and oxygen atoms in total. The number of aliphatic hydroxyl groups is 1. The molecule has 100 valence electrons. The molecule has 17 heavy (non-hydrogen) atoms. The third-order valence-corrected chi connectivity index (χ3v) is 3.89. The summed E-state index contributed by atoms with van der Waals surface area (Å²) in [4.78, 5) is 11.7. The van der Waals surface area contributed by atoms with Crippen LogP contribution < -0.4 is 10.6 Å². The molecule has 0 aromatic carbocycles. The van der Waals surface area contributed by atoms with Gasteiger partial charge < -0.3 is 15.7 Å². The molecule has 4 heteroatoms. The van der Waals surface area contributed by atoms with Crippen molar-refractivity contribution in [3.8, 4) is 0 Å². The Morgan fingerprint density at radius 3 is 2.41 bits per heavy atom. The molecule has 2 atom stereocenters. The Balaban J connectivity index is 2.25. The minimum atomic E-state index is -0.171. The smallest absolute Gasteiger partial charge is 0.315 e. The Kier molecular flexibility index (Phi) is 5.75. The van der Waals surface area contributed by atoms with Gasteiger partial charge in [0.2, 0.25) is 0 Å². The number of aliphatic hydroxyl groups excluding tert-OH is 1. The lowest BCUT2D eigenvalue weighted by Gasteiger charge is -2.27. The molecule has 3 N–H and O–H groups in total. The van der Waals surface area contributed by atoms with E-state index in [0.29, 0.717) is 5.92 Å². The highest BCUT2D eigenvalue weighted by Gasteiger charge is 2.21. The fraction of sp³-hybridized carbons (Fsp3) is 0.923. The summed E-state index contributed by atoms with van der Waals surface area (Å²) in [7, 11) is 0. The van der Waals surface area contributed by atoms with Crippen molar-refractivity contribution in [2.45, 2.75) is 71.1 Å². The van der Waals surface area contributed by atoms with Gasteiger partial charge in [-0.2, -0.15) is 0 Å². The highest BCUT2D eigenvalue weighted by atomic mass is 16.3. The third-order valence-electron chi connectivity index (χ3n) is 3.89. The highest BCUT2D eigenvalue weighted by Crippen LogP contribution is 2.18. The van der Waals surface area contributed by atoms with Crippen molar-refractivity contribution in [2.75, 3.05) is 0 Å². The molecule has 2 unspecified atom stereocenters. The molecule has 0 bridgehead atoms. The first kappa shape index (κ1) is 14.3. The topological polar surface area (TPSA) is 61.4 Å². The zero-order valence-corrected chi connectivity index (χ0v) is 11.2. The van der Waals surface area contributed by atoms with Gasteiger partial charge in [0.25, 0.3) is 0 Å². The maximum atomic E-state index is 11.7. The number of rotatable bonds is 4. The van der Waals surface area contributed by atoms with E-state index in [1.807, 2.05) is 6.92 Å². The first-order chi connectivity index (χ1) is 8.02. The second-order valence-corrected chi connectivity index (χ2v) is 5.30. The van der Waals surface area contributed by atoms with E-state index in [1.54, 1.807) is 0 Å². The number of carbonyl (C=O) groups is 1. The molecule has 1 rings (SSSR count). The van der Waals surface area contributed by atoms with E-state index in [4.69, 9.17) is 0 Å². The van der Waals surface area contributed by atoms with Gasteiger partial charge in [0.05, 0.1) is 6.10 Å². The van der Waals surface area contributed by atoms with Crippen molar-refractivity contribution < 1.29 is 9.90 Å². The van der Waals surface area contributed by atoms with E-state index in [-0.39, 0.29) is 24.2 Å². The molecule has 0 aliphatic heterocycles. The van der Waals surface area contributed by atoms with Gasteiger partial charge >= 0.3 is 6.03 Å². The number of urea groups is 1. The Morgan fingerprint density at radius 1 is 1.29 bits per heavy atom. The van der Waals surface area contributed by atoms with Crippen molar-refractivity contribution in [1.82, 2.24) is 10.6 Å². The normalized spacial score (nSPS) is 28.2. The van der Waals surface area contributed by atoms with Crippen molar-refractivity contribution in [3.63, 3.8) is 0 Å². The molecule has 0 aromatic rings. The molecule has 1 aliphatic rings. The Bertz CT molecular complexity index is 238. The zero-order chi connectivity index (χ0) is 12.8. The van der Waals surface area contributed by atoms with Gasteiger partial charge in [0, 0.05) is 12.1 Å². The molecule has 0 aromatic heterocycles. The minimum absolute atomic E-state index is 0.0702. The van der Waals surface area contributed by atoms with Crippen molar-refractivity contribution in [1.29, 1.82) is 0 Å². The molecule has 0 spiro atoms. The summed E-state index contributed by atoms with van der Waals surface area (Å²) in [6.07, 6.45) is 4.25. The second-order valence-electron chi connectivity index (χ2n) is 5.30. The van der Waals surface area contributed by atoms with Gasteiger partial charge in [-0.3, -0.25) is 0 Å². The minimum Gasteiger partial charge on any atom is -0.393 e. The third kappa shape index (κ3) is 4.94. The average Bonchev–Trinajstić information content (AvgIpc) is 2.30. The quantitative estimate of drug-likeness (QED) is 0.706. The van der Waals surface area contributed by atoms with Crippen LogP contribution in [-0.4, -0.2) is 29.3 Å². The van der Waals surface area contributed by atoms with Crippen molar-refractivity contribution in [3.05, 3.63) is 0 Å². The van der Waals surface area contributed by atoms with Crippen LogP contribution in [0.25, 0.3) is 0 Å². The van der Waals surface area contributed by atoms with Gasteiger partial charge in [0.1, 0.15) is 0 Å². The maximum Gasteiger partial charge on any atom is 0.315 e. The molecule has 1 saturated carbocycles. The summed E-state index contributed by atoms with van der Waals surface area (Å²) in [5.74, 6) is 0.494. The molecular formula is C13H26N2O2. The number of nitrogens with one attached hydrogen (secondary N) is 2. The van der Waals surface area contributed by atoms with Gasteiger partial charge in [-0.25, -0.2) is 4.79 Å². The zero-order valence-electron chi connectivity index (χ0n) is 11.2. The van der Waals surface area contributed by atoms with Crippen LogP contribution >= 0.6 is 0 Å². The lowest BCUT2D eigenvalue weighted by Crippen LogP contribution is -2.48. The summed E-state index contributed by atoms with van der Waals surface area (Å²) in [6, 6.07) is 0.357. The summed E-state index contributed by atoms with van der Waals surface area (Å²) < 4.78 is 0. The van der Waals surface area contributed by atoms with Crippen LogP contribution in [0.5, 0.6) is 0 Å². The lowest BCUT2D eigenvalue weighted by molar-refractivity contribution is 0.117. The fourth-order valence-electron chi connectivity index (χ4n) is 2.15. The van der Waals surface area contributed by atoms with Crippen LogP contribution in [-0.2, 0) is 0 Å². The molecule has 0 saturated heterocycles. The van der Waals surface area contributed by atoms with E-state index in [2.05, 4.69) is 24.5 Å². The number of amides is 2. The average molecular weight is 242 g/mol. The molecule has 2 amide bonds. The molecule has 1 fully saturated rings. The fourth-order valence-corrected chi connectivity index (χ4v) is 2.15. The SMILES string of the molecule is CCC(C)C(C)NC(=O)NC1CCC(O)CC1. The lowest BCUT2D eigenvalue weighted by atomic mass is 9.93. The van der Waals surface area contributed by atoms with Gasteiger partial charge in [-0.1, -0.05) is 20.3 Å². The highest BCUT2D eigenvalue weighted by molar-refractivity contribution is 5.74. The van der Waals surface area contributed by atoms with Gasteiger partial charge in [-0.05, 0) is 38.5 Å². The molecule has 0 heterocycles.